The molecule has 1 aliphatic rings. The molecule has 0 atom stereocenters. The van der Waals surface area contributed by atoms with Crippen LogP contribution in [0.5, 0.6) is 0 Å². The zero-order valence-electron chi connectivity index (χ0n) is 56.1. The molecule has 5 aromatic carbocycles. The lowest BCUT2D eigenvalue weighted by Gasteiger charge is -2.06. The van der Waals surface area contributed by atoms with Crippen LogP contribution in [-0.4, -0.2) is 9.97 Å². The molecule has 0 spiro atoms. The smallest absolute Gasteiger partial charge is 0.187 e. The summed E-state index contributed by atoms with van der Waals surface area (Å²) < 4.78 is 12.8. The van der Waals surface area contributed by atoms with Gasteiger partial charge in [-0.15, -0.1) is 22.7 Å². The van der Waals surface area contributed by atoms with E-state index in [1.165, 1.54) is 61.5 Å². The summed E-state index contributed by atoms with van der Waals surface area (Å²) in [5.74, 6) is 6.30. The molecule has 93 heavy (non-hydrogen) atoms. The first kappa shape index (κ1) is 97.8. The summed E-state index contributed by atoms with van der Waals surface area (Å²) in [5, 5.41) is 6.44. The van der Waals surface area contributed by atoms with E-state index in [-0.39, 0.29) is 57.8 Å². The summed E-state index contributed by atoms with van der Waals surface area (Å²) in [4.78, 5) is 14.2. The number of benzene rings is 5. The topological polar surface area (TPSA) is 30.1 Å². The number of aromatic nitrogens is 2. The van der Waals surface area contributed by atoms with Gasteiger partial charge in [0.15, 0.2) is 5.69 Å². The maximum absolute atomic E-state index is 12.8. The number of thiophene rings is 2. The Balaban J connectivity index is -0.000000227. The van der Waals surface area contributed by atoms with Gasteiger partial charge in [-0.25, -0.2) is 9.24 Å². The molecule has 0 amide bonds. The van der Waals surface area contributed by atoms with Crippen molar-refractivity contribution < 1.29 is 4.39 Å². The van der Waals surface area contributed by atoms with Crippen molar-refractivity contribution in [2.24, 2.45) is 0 Å². The molecule has 0 N–H and O–H groups in total. The van der Waals surface area contributed by atoms with Gasteiger partial charge in [0.05, 0.1) is 12.1 Å². The first-order chi connectivity index (χ1) is 40.8. The van der Waals surface area contributed by atoms with E-state index in [0.29, 0.717) is 53.3 Å². The van der Waals surface area contributed by atoms with Crippen LogP contribution >= 0.6 is 34.0 Å². The van der Waals surface area contributed by atoms with Gasteiger partial charge in [-0.05, 0) is 177 Å². The molecule has 1 fully saturated rings. The maximum Gasteiger partial charge on any atom is 0.187 e. The lowest BCUT2D eigenvalue weighted by Crippen LogP contribution is -1.89. The molecule has 3 nitrogen and oxygen atoms in total. The predicted molar refractivity (Wildman–Crippen MR) is 429 cm³/mol. The third kappa shape index (κ3) is 43.3. The van der Waals surface area contributed by atoms with Crippen LogP contribution in [0.25, 0.3) is 4.85 Å². The first-order valence-corrected chi connectivity index (χ1v) is 33.8. The predicted octanol–water partition coefficient (Wildman–Crippen LogP) is 30.9. The molecule has 0 radical (unpaired) electrons. The molecule has 9 aromatic rings. The normalized spacial score (nSPS) is 10.3. The number of thiazole rings is 1. The molecule has 4 heterocycles. The Morgan fingerprint density at radius 3 is 1.23 bits per heavy atom. The fourth-order valence-electron chi connectivity index (χ4n) is 7.96. The second-order valence-electron chi connectivity index (χ2n) is 24.7. The average Bonchev–Trinajstić information content (AvgIpc) is 2.17. The third-order valence-corrected chi connectivity index (χ3v) is 16.8. The van der Waals surface area contributed by atoms with Gasteiger partial charge >= 0.3 is 0 Å². The largest absolute Gasteiger partial charge is 0.264 e. The van der Waals surface area contributed by atoms with Gasteiger partial charge in [-0.2, -0.15) is 11.3 Å². The highest BCUT2D eigenvalue weighted by molar-refractivity contribution is 7.10. The van der Waals surface area contributed by atoms with E-state index in [4.69, 9.17) is 6.57 Å². The minimum absolute atomic E-state index is 0. The van der Waals surface area contributed by atoms with Gasteiger partial charge in [-0.3, -0.25) is 9.97 Å². The van der Waals surface area contributed by atoms with E-state index in [0.717, 1.165) is 22.7 Å². The molecule has 1 aliphatic carbocycles. The minimum atomic E-state index is -0.131. The Morgan fingerprint density at radius 2 is 0.882 bits per heavy atom. The Labute approximate surface area is 587 Å². The van der Waals surface area contributed by atoms with Crippen LogP contribution in [0.4, 0.5) is 10.1 Å². The van der Waals surface area contributed by atoms with E-state index < -0.39 is 0 Å². The van der Waals surface area contributed by atoms with Crippen molar-refractivity contribution in [1.29, 1.82) is 0 Å². The highest BCUT2D eigenvalue weighted by Crippen LogP contribution is 2.40. The Morgan fingerprint density at radius 1 is 0.398 bits per heavy atom. The van der Waals surface area contributed by atoms with Gasteiger partial charge in [-0.1, -0.05) is 309 Å². The van der Waals surface area contributed by atoms with Gasteiger partial charge in [0, 0.05) is 28.3 Å². The van der Waals surface area contributed by atoms with Gasteiger partial charge < -0.3 is 0 Å². The second kappa shape index (κ2) is 55.0. The standard InChI is InChI=1S/C12H16.C10H13F.C10H11N.C10H14.C9H12.C8H11N.2C7H10S.C6H9NS.7CH4/c1-9(2)11-4-3-5-12(8-11)10-6-7-10;1-7(2)9-4-8(3)5-10(11)6-9;1-8(2)9-5-4-6-10(7-9)11-3;1-8(2)10-6-4-5-9(3)7-10;1-8(2)9-6-4-3-5-7-9;1-7(2)8-4-3-5-9-6-8;1-6(2)7-3-4-8-5-7;1-6(2)7-4-3-5-8-7;1-5(2)6-3-7-4-8-6;;;;;;;/h3-5,8-10H,6-7H2,1-2H3;4-7H,1-3H3;4-8H,1-2H3;4-8H,1-3H3;3-8H,1-2H3;3-7H,1-2H3;2*3-6H,1-2H3;3-5H,1-2H3;7*1H4. The van der Waals surface area contributed by atoms with E-state index in [1.54, 1.807) is 46.6 Å². The Kier molecular flexibility index (Phi) is 57.9. The van der Waals surface area contributed by atoms with Gasteiger partial charge in [0.25, 0.3) is 0 Å². The van der Waals surface area contributed by atoms with Crippen LogP contribution in [0, 0.1) is 26.2 Å². The van der Waals surface area contributed by atoms with Crippen LogP contribution < -0.4 is 0 Å². The number of aryl methyl sites for hydroxylation is 2. The molecule has 10 rings (SSSR count). The molecular weight excluding hydrogens is 1190 g/mol. The molecule has 4 aromatic heterocycles. The zero-order chi connectivity index (χ0) is 64.1. The maximum atomic E-state index is 12.8. The van der Waals surface area contributed by atoms with Gasteiger partial charge in [0.1, 0.15) is 5.82 Å². The Hall–Kier alpha value is -6.30. The van der Waals surface area contributed by atoms with Crippen molar-refractivity contribution in [3.05, 3.63) is 275 Å². The van der Waals surface area contributed by atoms with Crippen LogP contribution in [-0.2, 0) is 0 Å². The minimum Gasteiger partial charge on any atom is -0.264 e. The molecule has 0 aliphatic heterocycles. The third-order valence-electron chi connectivity index (χ3n) is 13.9. The van der Waals surface area contributed by atoms with Crippen molar-refractivity contribution in [2.45, 2.75) is 262 Å². The first-order valence-electron chi connectivity index (χ1n) is 31.1. The number of pyridine rings is 1. The highest BCUT2D eigenvalue weighted by atomic mass is 32.1. The lowest BCUT2D eigenvalue weighted by atomic mass is 9.99. The van der Waals surface area contributed by atoms with Gasteiger partial charge in [0.2, 0.25) is 0 Å². The summed E-state index contributed by atoms with van der Waals surface area (Å²) in [7, 11) is 0. The van der Waals surface area contributed by atoms with Crippen LogP contribution in [0.3, 0.4) is 0 Å². The number of halogens is 1. The Bertz CT molecular complexity index is 2950. The number of rotatable bonds is 10. The summed E-state index contributed by atoms with van der Waals surface area (Å²) >= 11 is 5.32. The highest BCUT2D eigenvalue weighted by Gasteiger charge is 2.23. The summed E-state index contributed by atoms with van der Waals surface area (Å²) in [6, 6.07) is 51.7. The molecular formula is C86H134FN3S3. The van der Waals surface area contributed by atoms with E-state index >= 15 is 0 Å². The van der Waals surface area contributed by atoms with E-state index in [9.17, 15) is 4.39 Å². The number of nitrogens with zero attached hydrogens (tertiary/aromatic N) is 3. The van der Waals surface area contributed by atoms with Crippen molar-refractivity contribution in [1.82, 2.24) is 9.97 Å². The fourth-order valence-corrected chi connectivity index (χ4v) is 10.2. The van der Waals surface area contributed by atoms with Crippen molar-refractivity contribution >= 4 is 39.7 Å². The van der Waals surface area contributed by atoms with E-state index in [1.807, 2.05) is 72.6 Å². The molecule has 0 bridgehead atoms. The molecule has 518 valence electrons. The second-order valence-corrected chi connectivity index (χ2v) is 27.4. The SMILES string of the molecule is C.C.C.C.C.C.C.CC(C)c1cccc(C2CC2)c1.CC(C)c1ccccc1.CC(C)c1cccnc1.CC(C)c1cccs1.CC(C)c1ccsc1.CC(C)c1cncs1.Cc1cc(F)cc(C(C)C)c1.Cc1cccc(C(C)C)c1.[C-]#[N+]c1cccc(C(C)C)c1. The van der Waals surface area contributed by atoms with Crippen molar-refractivity contribution in [3.63, 3.8) is 0 Å². The average molecular weight is 1330 g/mol. The zero-order valence-corrected chi connectivity index (χ0v) is 58.6. The van der Waals surface area contributed by atoms with Crippen LogP contribution in [0.15, 0.2) is 192 Å². The van der Waals surface area contributed by atoms with Crippen molar-refractivity contribution in [2.75, 3.05) is 0 Å². The summed E-state index contributed by atoms with van der Waals surface area (Å²) in [6.07, 6.45) is 8.44. The molecule has 0 saturated heterocycles. The monoisotopic (exact) mass is 1320 g/mol. The summed E-state index contributed by atoms with van der Waals surface area (Å²) in [6.45, 7) is 50.1. The quantitative estimate of drug-likeness (QED) is 0.128. The molecule has 0 unspecified atom stereocenters. The molecule has 1 saturated carbocycles. The molecule has 7 heteroatoms. The fraction of sp³-hybridized carbons (Fsp3) is 0.453. The van der Waals surface area contributed by atoms with E-state index in [2.05, 4.69) is 266 Å². The number of hydrogen-bond acceptors (Lipinski definition) is 5. The summed E-state index contributed by atoms with van der Waals surface area (Å²) in [5.41, 5.74) is 15.9. The van der Waals surface area contributed by atoms with Crippen LogP contribution in [0.2, 0.25) is 0 Å². The number of hydrogen-bond donors (Lipinski definition) is 0. The lowest BCUT2D eigenvalue weighted by molar-refractivity contribution is 0.622. The van der Waals surface area contributed by atoms with Crippen molar-refractivity contribution in [3.8, 4) is 0 Å². The van der Waals surface area contributed by atoms with Crippen LogP contribution in [0.1, 0.15) is 314 Å².